The second kappa shape index (κ2) is 7.87. The van der Waals surface area contributed by atoms with Crippen LogP contribution in [0.4, 0.5) is 0 Å². The predicted octanol–water partition coefficient (Wildman–Crippen LogP) is 3.23. The highest BCUT2D eigenvalue weighted by Crippen LogP contribution is 2.23. The van der Waals surface area contributed by atoms with Gasteiger partial charge in [0.15, 0.2) is 0 Å². The van der Waals surface area contributed by atoms with Crippen LogP contribution in [0.3, 0.4) is 0 Å². The molecule has 102 valence electrons. The van der Waals surface area contributed by atoms with Crippen molar-refractivity contribution in [3.05, 3.63) is 35.0 Å². The number of aromatic nitrogens is 1. The molecule has 0 radical (unpaired) electrons. The third kappa shape index (κ3) is 4.34. The fourth-order valence-electron chi connectivity index (χ4n) is 1.89. The van der Waals surface area contributed by atoms with Crippen LogP contribution in [0.15, 0.2) is 24.4 Å². The molecule has 1 heterocycles. The van der Waals surface area contributed by atoms with E-state index < -0.39 is 0 Å². The van der Waals surface area contributed by atoms with Gasteiger partial charge in [0.2, 0.25) is 0 Å². The first-order valence-corrected chi connectivity index (χ1v) is 5.81. The molecule has 0 spiro atoms. The van der Waals surface area contributed by atoms with E-state index in [0.29, 0.717) is 0 Å². The van der Waals surface area contributed by atoms with Gasteiger partial charge in [-0.25, -0.2) is 0 Å². The Labute approximate surface area is 124 Å². The van der Waals surface area contributed by atoms with Crippen LogP contribution in [0.1, 0.15) is 18.4 Å². The highest BCUT2D eigenvalue weighted by molar-refractivity contribution is 6.31. The zero-order chi connectivity index (χ0) is 11.5. The summed E-state index contributed by atoms with van der Waals surface area (Å²) in [7, 11) is 0. The first-order valence-electron chi connectivity index (χ1n) is 5.43. The number of hydrogen-bond donors (Lipinski definition) is 3. The van der Waals surface area contributed by atoms with E-state index in [1.54, 1.807) is 0 Å². The van der Waals surface area contributed by atoms with Crippen LogP contribution in [0.2, 0.25) is 5.02 Å². The molecular formula is C12H18Cl3N3. The highest BCUT2D eigenvalue weighted by atomic mass is 35.5. The number of aryl methyl sites for hydroxylation is 1. The third-order valence-electron chi connectivity index (χ3n) is 2.71. The van der Waals surface area contributed by atoms with Gasteiger partial charge in [-0.1, -0.05) is 11.6 Å². The molecule has 2 aromatic rings. The first-order chi connectivity index (χ1) is 7.66. The smallest absolute Gasteiger partial charge is 0.0520 e. The number of aromatic amines is 1. The summed E-state index contributed by atoms with van der Waals surface area (Å²) >= 11 is 5.98. The van der Waals surface area contributed by atoms with Gasteiger partial charge >= 0.3 is 0 Å². The van der Waals surface area contributed by atoms with E-state index in [-0.39, 0.29) is 31.0 Å². The minimum absolute atomic E-state index is 0. The van der Waals surface area contributed by atoms with Gasteiger partial charge in [0.05, 0.1) is 6.17 Å². The lowest BCUT2D eigenvalue weighted by Gasteiger charge is -2.04. The van der Waals surface area contributed by atoms with Gasteiger partial charge in [0.1, 0.15) is 0 Å². The van der Waals surface area contributed by atoms with Crippen LogP contribution < -0.4 is 11.5 Å². The fraction of sp³-hybridized carbons (Fsp3) is 0.333. The van der Waals surface area contributed by atoms with Crippen molar-refractivity contribution in [2.45, 2.75) is 25.4 Å². The minimum atomic E-state index is -0.214. The number of fused-ring (bicyclic) bond motifs is 1. The van der Waals surface area contributed by atoms with E-state index in [1.165, 1.54) is 10.9 Å². The van der Waals surface area contributed by atoms with Crippen LogP contribution in [0, 0.1) is 0 Å². The van der Waals surface area contributed by atoms with Gasteiger partial charge < -0.3 is 16.5 Å². The molecule has 0 saturated carbocycles. The van der Waals surface area contributed by atoms with Crippen LogP contribution in [-0.2, 0) is 6.42 Å². The molecule has 5 N–H and O–H groups in total. The summed E-state index contributed by atoms with van der Waals surface area (Å²) in [6.45, 7) is 0. The quantitative estimate of drug-likeness (QED) is 0.759. The molecule has 0 aliphatic heterocycles. The number of nitrogens with one attached hydrogen (secondary N) is 1. The van der Waals surface area contributed by atoms with Gasteiger partial charge in [-0.05, 0) is 43.0 Å². The molecule has 1 aromatic carbocycles. The Morgan fingerprint density at radius 3 is 2.61 bits per heavy atom. The lowest BCUT2D eigenvalue weighted by molar-refractivity contribution is 0.603. The average Bonchev–Trinajstić information content (AvgIpc) is 2.60. The Bertz CT molecular complexity index is 482. The topological polar surface area (TPSA) is 67.8 Å². The molecule has 2 rings (SSSR count). The number of rotatable bonds is 4. The standard InChI is InChI=1S/C12H16ClN3.2ClH/c13-9-4-5-11-10(6-9)8(7-16-11)2-1-3-12(14)15;;/h4-7,12,16H,1-3,14-15H2;2*1H. The molecule has 0 aliphatic carbocycles. The minimum Gasteiger partial charge on any atom is -0.361 e. The lowest BCUT2D eigenvalue weighted by atomic mass is 10.1. The molecule has 0 fully saturated rings. The lowest BCUT2D eigenvalue weighted by Crippen LogP contribution is -2.30. The van der Waals surface area contributed by atoms with E-state index in [4.69, 9.17) is 23.1 Å². The van der Waals surface area contributed by atoms with Gasteiger partial charge in [0, 0.05) is 22.1 Å². The molecule has 0 amide bonds. The second-order valence-electron chi connectivity index (χ2n) is 4.06. The van der Waals surface area contributed by atoms with Crippen molar-refractivity contribution >= 4 is 47.3 Å². The van der Waals surface area contributed by atoms with Crippen molar-refractivity contribution in [1.82, 2.24) is 4.98 Å². The van der Waals surface area contributed by atoms with E-state index >= 15 is 0 Å². The summed E-state index contributed by atoms with van der Waals surface area (Å²) in [4.78, 5) is 3.23. The largest absolute Gasteiger partial charge is 0.361 e. The summed E-state index contributed by atoms with van der Waals surface area (Å²) in [5.74, 6) is 0. The molecule has 3 nitrogen and oxygen atoms in total. The zero-order valence-corrected chi connectivity index (χ0v) is 12.2. The molecule has 0 atom stereocenters. The molecule has 0 saturated heterocycles. The summed E-state index contributed by atoms with van der Waals surface area (Å²) < 4.78 is 0. The Hall–Kier alpha value is -0.450. The van der Waals surface area contributed by atoms with Crippen molar-refractivity contribution in [1.29, 1.82) is 0 Å². The van der Waals surface area contributed by atoms with Gasteiger partial charge in [0.25, 0.3) is 0 Å². The number of H-pyrrole nitrogens is 1. The Morgan fingerprint density at radius 1 is 1.22 bits per heavy atom. The average molecular weight is 311 g/mol. The molecule has 0 bridgehead atoms. The van der Waals surface area contributed by atoms with E-state index in [2.05, 4.69) is 4.98 Å². The first kappa shape index (κ1) is 17.6. The molecular weight excluding hydrogens is 293 g/mol. The van der Waals surface area contributed by atoms with E-state index in [0.717, 1.165) is 29.8 Å². The summed E-state index contributed by atoms with van der Waals surface area (Å²) in [5.41, 5.74) is 13.4. The second-order valence-corrected chi connectivity index (χ2v) is 4.50. The fourth-order valence-corrected chi connectivity index (χ4v) is 2.06. The maximum Gasteiger partial charge on any atom is 0.0520 e. The Kier molecular flexibility index (Phi) is 7.67. The molecule has 18 heavy (non-hydrogen) atoms. The summed E-state index contributed by atoms with van der Waals surface area (Å²) in [6, 6.07) is 5.88. The number of nitrogens with two attached hydrogens (primary N) is 2. The van der Waals surface area contributed by atoms with Gasteiger partial charge in [-0.2, -0.15) is 0 Å². The van der Waals surface area contributed by atoms with Crippen LogP contribution in [-0.4, -0.2) is 11.1 Å². The third-order valence-corrected chi connectivity index (χ3v) is 2.95. The molecule has 1 aromatic heterocycles. The predicted molar refractivity (Wildman–Crippen MR) is 82.9 cm³/mol. The maximum atomic E-state index is 5.98. The van der Waals surface area contributed by atoms with Gasteiger partial charge in [-0.15, -0.1) is 24.8 Å². The Balaban J connectivity index is 0.00000144. The Morgan fingerprint density at radius 2 is 1.94 bits per heavy atom. The number of benzene rings is 1. The van der Waals surface area contributed by atoms with Gasteiger partial charge in [-0.3, -0.25) is 0 Å². The molecule has 0 aliphatic rings. The highest BCUT2D eigenvalue weighted by Gasteiger charge is 2.04. The van der Waals surface area contributed by atoms with Crippen molar-refractivity contribution < 1.29 is 0 Å². The SMILES string of the molecule is Cl.Cl.NC(N)CCCc1c[nH]c2ccc(Cl)cc12. The number of hydrogen-bond acceptors (Lipinski definition) is 2. The van der Waals surface area contributed by atoms with Crippen molar-refractivity contribution in [3.8, 4) is 0 Å². The van der Waals surface area contributed by atoms with Crippen LogP contribution in [0.5, 0.6) is 0 Å². The van der Waals surface area contributed by atoms with Crippen molar-refractivity contribution in [2.75, 3.05) is 0 Å². The maximum absolute atomic E-state index is 5.98. The summed E-state index contributed by atoms with van der Waals surface area (Å²) in [6.07, 6.45) is 4.63. The molecule has 0 unspecified atom stereocenters. The van der Waals surface area contributed by atoms with Crippen molar-refractivity contribution in [3.63, 3.8) is 0 Å². The van der Waals surface area contributed by atoms with E-state index in [1.807, 2.05) is 24.4 Å². The van der Waals surface area contributed by atoms with Crippen LogP contribution in [0.25, 0.3) is 10.9 Å². The zero-order valence-electron chi connectivity index (χ0n) is 9.86. The molecule has 6 heteroatoms. The summed E-state index contributed by atoms with van der Waals surface area (Å²) in [5, 5.41) is 1.96. The monoisotopic (exact) mass is 309 g/mol. The van der Waals surface area contributed by atoms with E-state index in [9.17, 15) is 0 Å². The van der Waals surface area contributed by atoms with Crippen LogP contribution >= 0.6 is 36.4 Å². The van der Waals surface area contributed by atoms with Crippen molar-refractivity contribution in [2.24, 2.45) is 11.5 Å². The number of halogens is 3. The normalized spacial score (nSPS) is 10.2.